The second-order valence-corrected chi connectivity index (χ2v) is 9.04. The van der Waals surface area contributed by atoms with Gasteiger partial charge in [-0.2, -0.15) is 4.98 Å². The molecule has 0 bridgehead atoms. The first-order chi connectivity index (χ1) is 17.8. The van der Waals surface area contributed by atoms with Gasteiger partial charge in [0.25, 0.3) is 5.91 Å². The second-order valence-electron chi connectivity index (χ2n) is 9.04. The van der Waals surface area contributed by atoms with Crippen molar-refractivity contribution < 1.29 is 14.5 Å². The van der Waals surface area contributed by atoms with E-state index in [1.54, 1.807) is 36.2 Å². The van der Waals surface area contributed by atoms with E-state index in [9.17, 15) is 19.7 Å². The summed E-state index contributed by atoms with van der Waals surface area (Å²) in [6, 6.07) is 16.5. The average molecular weight is 520 g/mol. The minimum Gasteiger partial charge on any atom is -0.369 e. The fourth-order valence-corrected chi connectivity index (χ4v) is 4.41. The van der Waals surface area contributed by atoms with E-state index in [0.717, 1.165) is 24.6 Å². The number of rotatable bonds is 10. The molecule has 2 aromatic carbocycles. The van der Waals surface area contributed by atoms with Crippen LogP contribution in [0.2, 0.25) is 0 Å². The molecule has 1 aliphatic carbocycles. The third kappa shape index (κ3) is 6.81. The number of nitrogens with two attached hydrogens (primary N) is 1. The predicted octanol–water partition coefficient (Wildman–Crippen LogP) is 4.15. The van der Waals surface area contributed by atoms with Gasteiger partial charge in [0.1, 0.15) is 6.20 Å². The van der Waals surface area contributed by atoms with Gasteiger partial charge in [-0.3, -0.25) is 19.7 Å². The molecule has 0 spiro atoms. The molecule has 200 valence electrons. The predicted molar refractivity (Wildman–Crippen MR) is 146 cm³/mol. The van der Waals surface area contributed by atoms with Crippen molar-refractivity contribution in [2.45, 2.75) is 39.2 Å². The summed E-state index contributed by atoms with van der Waals surface area (Å²) in [7, 11) is 1.77. The van der Waals surface area contributed by atoms with Crippen molar-refractivity contribution in [1.29, 1.82) is 0 Å². The Balaban J connectivity index is 0.00000400. The Morgan fingerprint density at radius 2 is 1.84 bits per heavy atom. The first-order valence-electron chi connectivity index (χ1n) is 12.1. The molecule has 11 nitrogen and oxygen atoms in total. The summed E-state index contributed by atoms with van der Waals surface area (Å²) in [6.45, 7) is 0.590. The Morgan fingerprint density at radius 1 is 1.13 bits per heavy atom. The number of hydrogen-bond acceptors (Lipinski definition) is 8. The molecule has 0 radical (unpaired) electrons. The smallest absolute Gasteiger partial charge is 0.329 e. The normalized spacial score (nSPS) is 16.2. The molecule has 1 heterocycles. The van der Waals surface area contributed by atoms with Gasteiger partial charge in [-0.25, -0.2) is 4.98 Å². The van der Waals surface area contributed by atoms with Gasteiger partial charge in [-0.15, -0.1) is 0 Å². The van der Waals surface area contributed by atoms with Crippen LogP contribution in [0.4, 0.5) is 23.1 Å². The summed E-state index contributed by atoms with van der Waals surface area (Å²) < 4.78 is 0. The third-order valence-electron chi connectivity index (χ3n) is 6.48. The maximum absolute atomic E-state index is 12.8. The highest BCUT2D eigenvalue weighted by atomic mass is 16.6. The average Bonchev–Trinajstić information content (AvgIpc) is 3.36. The van der Waals surface area contributed by atoms with E-state index in [0.29, 0.717) is 30.6 Å². The van der Waals surface area contributed by atoms with Crippen LogP contribution >= 0.6 is 0 Å². The second kappa shape index (κ2) is 12.6. The van der Waals surface area contributed by atoms with Crippen LogP contribution in [0.3, 0.4) is 0 Å². The van der Waals surface area contributed by atoms with Gasteiger partial charge in [0.2, 0.25) is 17.7 Å². The minimum atomic E-state index is -0.574. The molecular weight excluding hydrogens is 486 g/mol. The van der Waals surface area contributed by atoms with Gasteiger partial charge in [0.15, 0.2) is 0 Å². The number of benzene rings is 2. The summed E-state index contributed by atoms with van der Waals surface area (Å²) >= 11 is 0. The molecule has 11 heteroatoms. The van der Waals surface area contributed by atoms with Crippen LogP contribution in [-0.4, -0.2) is 51.2 Å². The number of nitrogens with zero attached hydrogens (tertiary/aromatic N) is 4. The van der Waals surface area contributed by atoms with Crippen molar-refractivity contribution in [1.82, 2.24) is 14.9 Å². The van der Waals surface area contributed by atoms with Gasteiger partial charge in [0, 0.05) is 30.9 Å². The Labute approximate surface area is 221 Å². The fourth-order valence-electron chi connectivity index (χ4n) is 4.41. The van der Waals surface area contributed by atoms with Crippen molar-refractivity contribution in [3.8, 4) is 0 Å². The Bertz CT molecular complexity index is 1270. The molecule has 4 rings (SSSR count). The topological polar surface area (TPSA) is 156 Å². The molecule has 0 aliphatic heterocycles. The van der Waals surface area contributed by atoms with Crippen molar-refractivity contribution in [3.05, 3.63) is 82.0 Å². The van der Waals surface area contributed by atoms with E-state index in [1.807, 2.05) is 30.3 Å². The Hall–Kier alpha value is -4.54. The zero-order valence-electron chi connectivity index (χ0n) is 20.5. The summed E-state index contributed by atoms with van der Waals surface area (Å²) in [5.74, 6) is -0.790. The van der Waals surface area contributed by atoms with Crippen LogP contribution in [0.1, 0.15) is 42.6 Å². The lowest BCUT2D eigenvalue weighted by Gasteiger charge is -2.19. The number of amides is 2. The molecule has 1 fully saturated rings. The van der Waals surface area contributed by atoms with Crippen molar-refractivity contribution in [2.24, 2.45) is 11.7 Å². The number of hydrogen-bond donors (Lipinski definition) is 3. The maximum atomic E-state index is 12.8. The van der Waals surface area contributed by atoms with E-state index >= 15 is 0 Å². The summed E-state index contributed by atoms with van der Waals surface area (Å²) in [5, 5.41) is 17.5. The molecule has 2 amide bonds. The molecule has 1 aromatic heterocycles. The molecule has 3 aromatic rings. The van der Waals surface area contributed by atoms with Crippen LogP contribution in [0.25, 0.3) is 0 Å². The van der Waals surface area contributed by atoms with Crippen molar-refractivity contribution in [2.75, 3.05) is 24.2 Å². The standard InChI is InChI=1S/C26H29N7O4.CH4/c1-32(15-14-17-6-3-2-4-7-17)25(35)18-10-12-19(13-11-18)29-26-28-16-22(33(36)37)24(31-26)30-21-9-5-8-20(21)23(27)34;/h2-4,6-7,10-13,16,20-21H,5,8-9,14-15H2,1H3,(H2,27,34)(H2,28,29,30,31);1H4/t20-,21+;/m0./s1. The van der Waals surface area contributed by atoms with Crippen LogP contribution in [0, 0.1) is 16.0 Å². The lowest BCUT2D eigenvalue weighted by atomic mass is 10.0. The number of aromatic nitrogens is 2. The molecule has 2 atom stereocenters. The first-order valence-corrected chi connectivity index (χ1v) is 12.1. The number of primary amides is 1. The highest BCUT2D eigenvalue weighted by Gasteiger charge is 2.33. The summed E-state index contributed by atoms with van der Waals surface area (Å²) in [5.41, 5.74) is 7.50. The zero-order valence-corrected chi connectivity index (χ0v) is 20.5. The Morgan fingerprint density at radius 3 is 2.50 bits per heavy atom. The van der Waals surface area contributed by atoms with E-state index < -0.39 is 16.7 Å². The van der Waals surface area contributed by atoms with Crippen LogP contribution in [-0.2, 0) is 11.2 Å². The quantitative estimate of drug-likeness (QED) is 0.266. The minimum absolute atomic E-state index is 0. The van der Waals surface area contributed by atoms with E-state index in [-0.39, 0.29) is 36.8 Å². The van der Waals surface area contributed by atoms with E-state index in [1.165, 1.54) is 0 Å². The number of nitrogens with one attached hydrogen (secondary N) is 2. The van der Waals surface area contributed by atoms with Crippen LogP contribution in [0.15, 0.2) is 60.8 Å². The molecule has 0 saturated heterocycles. The van der Waals surface area contributed by atoms with Crippen LogP contribution < -0.4 is 16.4 Å². The number of carbonyl (C=O) groups excluding carboxylic acids is 2. The van der Waals surface area contributed by atoms with Crippen LogP contribution in [0.5, 0.6) is 0 Å². The number of anilines is 3. The highest BCUT2D eigenvalue weighted by Crippen LogP contribution is 2.31. The number of likely N-dealkylation sites (N-methyl/N-ethyl adjacent to an activating group) is 1. The SMILES string of the molecule is C.CN(CCc1ccccc1)C(=O)c1ccc(Nc2ncc([N+](=O)[O-])c(N[C@@H]3CCC[C@@H]3C(N)=O)n2)cc1. The number of carbonyl (C=O) groups is 2. The molecule has 4 N–H and O–H groups in total. The maximum Gasteiger partial charge on any atom is 0.329 e. The lowest BCUT2D eigenvalue weighted by molar-refractivity contribution is -0.384. The fraction of sp³-hybridized carbons (Fsp3) is 0.333. The highest BCUT2D eigenvalue weighted by molar-refractivity contribution is 5.94. The molecule has 1 aliphatic rings. The number of nitro groups is 1. The molecular formula is C27H33N7O4. The molecule has 38 heavy (non-hydrogen) atoms. The van der Waals surface area contributed by atoms with Gasteiger partial charge in [-0.05, 0) is 49.1 Å². The van der Waals surface area contributed by atoms with E-state index in [4.69, 9.17) is 5.73 Å². The van der Waals surface area contributed by atoms with Gasteiger partial charge in [0.05, 0.1) is 10.8 Å². The van der Waals surface area contributed by atoms with E-state index in [2.05, 4.69) is 20.6 Å². The monoisotopic (exact) mass is 519 g/mol. The summed E-state index contributed by atoms with van der Waals surface area (Å²) in [6.07, 6.45) is 3.96. The Kier molecular flexibility index (Phi) is 9.31. The molecule has 0 unspecified atom stereocenters. The first kappa shape index (κ1) is 28.0. The van der Waals surface area contributed by atoms with Gasteiger partial charge in [-0.1, -0.05) is 44.2 Å². The lowest BCUT2D eigenvalue weighted by Crippen LogP contribution is -2.34. The van der Waals surface area contributed by atoms with Gasteiger partial charge >= 0.3 is 5.69 Å². The third-order valence-corrected chi connectivity index (χ3v) is 6.48. The van der Waals surface area contributed by atoms with Crippen molar-refractivity contribution in [3.63, 3.8) is 0 Å². The zero-order chi connectivity index (χ0) is 26.4. The van der Waals surface area contributed by atoms with Crippen molar-refractivity contribution >= 4 is 35.0 Å². The largest absolute Gasteiger partial charge is 0.369 e. The summed E-state index contributed by atoms with van der Waals surface area (Å²) in [4.78, 5) is 45.5. The van der Waals surface area contributed by atoms with Gasteiger partial charge < -0.3 is 21.3 Å². The molecule has 1 saturated carbocycles.